The molecule has 14 nitrogen and oxygen atoms in total. The summed E-state index contributed by atoms with van der Waals surface area (Å²) in [5.74, 6) is -2.76. The Kier molecular flexibility index (Phi) is 11.8. The van der Waals surface area contributed by atoms with Gasteiger partial charge < -0.3 is 45.7 Å². The minimum atomic E-state index is -5.08. The molecule has 0 amide bonds. The van der Waals surface area contributed by atoms with Crippen LogP contribution in [-0.2, 0) is 25.4 Å². The van der Waals surface area contributed by atoms with Crippen LogP contribution in [0.4, 0.5) is 13.2 Å². The first kappa shape index (κ1) is 33.3. The number of nitrogens with zero attached hydrogens (tertiary/aromatic N) is 1. The zero-order valence-corrected chi connectivity index (χ0v) is 22.1. The van der Waals surface area contributed by atoms with Crippen molar-refractivity contribution in [2.75, 3.05) is 19.6 Å². The molecule has 0 spiro atoms. The SMILES string of the molecule is NC[C@H]1O[C@@H](O[C@@H](CNCCc2ccccc2)[C@@H]2C[C@@H](O)[C@H](n3ccc(=O)[nH]c3=O)O2)[C@H](O)[C@@H]1O.O=C(O)C(F)(F)F. The number of ether oxygens (including phenoxy) is 3. The molecule has 8 atom stereocenters. The van der Waals surface area contributed by atoms with Crippen LogP contribution in [0.5, 0.6) is 0 Å². The summed E-state index contributed by atoms with van der Waals surface area (Å²) in [5.41, 5.74) is 5.50. The number of aliphatic carboxylic acids is 1. The first-order chi connectivity index (χ1) is 19.8. The normalized spacial score (nSPS) is 28.2. The summed E-state index contributed by atoms with van der Waals surface area (Å²) in [5, 5.41) is 41.6. The third-order valence-corrected chi connectivity index (χ3v) is 6.54. The van der Waals surface area contributed by atoms with Gasteiger partial charge in [0.25, 0.3) is 5.56 Å². The number of benzene rings is 1. The molecule has 0 bridgehead atoms. The lowest BCUT2D eigenvalue weighted by atomic mass is 10.1. The first-order valence-electron chi connectivity index (χ1n) is 12.9. The van der Waals surface area contributed by atoms with Crippen molar-refractivity contribution < 1.29 is 52.6 Å². The van der Waals surface area contributed by atoms with Gasteiger partial charge in [-0.1, -0.05) is 30.3 Å². The van der Waals surface area contributed by atoms with Crippen LogP contribution in [0.3, 0.4) is 0 Å². The van der Waals surface area contributed by atoms with Gasteiger partial charge in [-0.2, -0.15) is 13.2 Å². The largest absolute Gasteiger partial charge is 0.490 e. The van der Waals surface area contributed by atoms with Gasteiger partial charge in [0.1, 0.15) is 24.4 Å². The van der Waals surface area contributed by atoms with Crippen LogP contribution in [0.15, 0.2) is 52.2 Å². The summed E-state index contributed by atoms with van der Waals surface area (Å²) >= 11 is 0. The highest BCUT2D eigenvalue weighted by atomic mass is 19.4. The Hall–Kier alpha value is -3.16. The summed E-state index contributed by atoms with van der Waals surface area (Å²) in [6.45, 7) is 0.922. The molecule has 0 aliphatic carbocycles. The van der Waals surface area contributed by atoms with Gasteiger partial charge in [0.05, 0.1) is 12.2 Å². The molecule has 2 aliphatic heterocycles. The Morgan fingerprint density at radius 1 is 1.14 bits per heavy atom. The predicted molar refractivity (Wildman–Crippen MR) is 137 cm³/mol. The van der Waals surface area contributed by atoms with E-state index in [9.17, 15) is 38.1 Å². The highest BCUT2D eigenvalue weighted by Crippen LogP contribution is 2.32. The van der Waals surface area contributed by atoms with Crippen LogP contribution >= 0.6 is 0 Å². The van der Waals surface area contributed by atoms with E-state index in [2.05, 4.69) is 10.3 Å². The van der Waals surface area contributed by atoms with Crippen LogP contribution in [0.2, 0.25) is 0 Å². The average molecular weight is 607 g/mol. The van der Waals surface area contributed by atoms with Gasteiger partial charge in [0.2, 0.25) is 0 Å². The van der Waals surface area contributed by atoms with Crippen LogP contribution in [-0.4, -0.2) is 105 Å². The monoisotopic (exact) mass is 606 g/mol. The van der Waals surface area contributed by atoms with E-state index in [-0.39, 0.29) is 19.5 Å². The number of halogens is 3. The van der Waals surface area contributed by atoms with E-state index in [4.69, 9.17) is 29.8 Å². The number of alkyl halides is 3. The average Bonchev–Trinajstić information content (AvgIpc) is 3.45. The van der Waals surface area contributed by atoms with E-state index >= 15 is 0 Å². The molecule has 1 aromatic heterocycles. The van der Waals surface area contributed by atoms with Crippen molar-refractivity contribution in [1.82, 2.24) is 14.9 Å². The Balaban J connectivity index is 0.000000616. The third-order valence-electron chi connectivity index (χ3n) is 6.54. The summed E-state index contributed by atoms with van der Waals surface area (Å²) in [7, 11) is 0. The second-order valence-corrected chi connectivity index (χ2v) is 9.56. The molecule has 17 heteroatoms. The van der Waals surface area contributed by atoms with E-state index < -0.39 is 72.5 Å². The van der Waals surface area contributed by atoms with Crippen LogP contribution in [0.1, 0.15) is 18.2 Å². The van der Waals surface area contributed by atoms with Crippen LogP contribution < -0.4 is 22.3 Å². The molecule has 8 N–H and O–H groups in total. The standard InChI is InChI=1S/C23H32N4O8.C2HF3O2/c24-11-16-19(30)20(31)22(34-16)35-17(12-25-8-6-13-4-2-1-3-5-13)15-10-14(28)21(33-15)27-9-7-18(29)26-23(27)32;3-2(4,5)1(6)7/h1-5,7,9,14-17,19-22,25,28,30-31H,6,8,10-12,24H2,(H,26,29,32);(H,6,7)/t14-,15+,16-,17+,19-,20-,21-,22+;/m1./s1. The number of rotatable bonds is 10. The Morgan fingerprint density at radius 2 is 1.81 bits per heavy atom. The lowest BCUT2D eigenvalue weighted by Crippen LogP contribution is -2.44. The van der Waals surface area contributed by atoms with Gasteiger partial charge in [-0.25, -0.2) is 9.59 Å². The number of carbonyl (C=O) groups is 1. The molecule has 4 rings (SSSR count). The Bertz CT molecular complexity index is 1260. The van der Waals surface area contributed by atoms with Gasteiger partial charge in [0, 0.05) is 31.8 Å². The van der Waals surface area contributed by atoms with E-state index in [0.29, 0.717) is 6.54 Å². The maximum atomic E-state index is 12.2. The zero-order chi connectivity index (χ0) is 31.0. The lowest BCUT2D eigenvalue weighted by molar-refractivity contribution is -0.213. The smallest absolute Gasteiger partial charge is 0.475 e. The molecule has 42 heavy (non-hydrogen) atoms. The first-order valence-corrected chi connectivity index (χ1v) is 12.9. The Morgan fingerprint density at radius 3 is 2.38 bits per heavy atom. The second-order valence-electron chi connectivity index (χ2n) is 9.56. The second kappa shape index (κ2) is 14.8. The van der Waals surface area contributed by atoms with Crippen molar-refractivity contribution >= 4 is 5.97 Å². The maximum Gasteiger partial charge on any atom is 0.490 e. The van der Waals surface area contributed by atoms with Gasteiger partial charge >= 0.3 is 17.8 Å². The molecule has 0 saturated carbocycles. The summed E-state index contributed by atoms with van der Waals surface area (Å²) < 4.78 is 50.4. The molecule has 0 unspecified atom stereocenters. The van der Waals surface area contributed by atoms with E-state index in [0.717, 1.165) is 16.6 Å². The molecule has 2 aliphatic rings. The van der Waals surface area contributed by atoms with Gasteiger partial charge in [-0.3, -0.25) is 14.3 Å². The van der Waals surface area contributed by atoms with Gasteiger partial charge in [0.15, 0.2) is 12.5 Å². The number of aromatic nitrogens is 2. The molecular formula is C25H33F3N4O10. The topological polar surface area (TPSA) is 219 Å². The highest BCUT2D eigenvalue weighted by Gasteiger charge is 2.47. The van der Waals surface area contributed by atoms with Crippen LogP contribution in [0.25, 0.3) is 0 Å². The van der Waals surface area contributed by atoms with Gasteiger partial charge in [-0.05, 0) is 18.5 Å². The van der Waals surface area contributed by atoms with Crippen molar-refractivity contribution in [3.05, 3.63) is 69.0 Å². The number of aromatic amines is 1. The number of H-pyrrole nitrogens is 1. The molecule has 1 aromatic carbocycles. The van der Waals surface area contributed by atoms with Crippen molar-refractivity contribution in [3.63, 3.8) is 0 Å². The number of carboxylic acids is 1. The zero-order valence-electron chi connectivity index (χ0n) is 22.1. The predicted octanol–water partition coefficient (Wildman–Crippen LogP) is -1.56. The van der Waals surface area contributed by atoms with E-state index in [1.165, 1.54) is 12.3 Å². The van der Waals surface area contributed by atoms with E-state index in [1.54, 1.807) is 0 Å². The lowest BCUT2D eigenvalue weighted by Gasteiger charge is -2.28. The molecule has 234 valence electrons. The number of aliphatic hydroxyl groups excluding tert-OH is 3. The summed E-state index contributed by atoms with van der Waals surface area (Å²) in [6.07, 6.45) is -10.8. The fourth-order valence-electron chi connectivity index (χ4n) is 4.38. The number of nitrogens with one attached hydrogen (secondary N) is 2. The maximum absolute atomic E-state index is 12.2. The number of nitrogens with two attached hydrogens (primary N) is 1. The van der Waals surface area contributed by atoms with Crippen molar-refractivity contribution in [2.24, 2.45) is 5.73 Å². The number of aliphatic hydroxyl groups is 3. The van der Waals surface area contributed by atoms with Crippen molar-refractivity contribution in [1.29, 1.82) is 0 Å². The third kappa shape index (κ3) is 8.92. The van der Waals surface area contributed by atoms with E-state index in [1.807, 2.05) is 30.3 Å². The highest BCUT2D eigenvalue weighted by molar-refractivity contribution is 5.73. The number of hydrogen-bond donors (Lipinski definition) is 7. The fourth-order valence-corrected chi connectivity index (χ4v) is 4.38. The van der Waals surface area contributed by atoms with Gasteiger partial charge in [-0.15, -0.1) is 0 Å². The summed E-state index contributed by atoms with van der Waals surface area (Å²) in [4.78, 5) is 34.6. The summed E-state index contributed by atoms with van der Waals surface area (Å²) in [6, 6.07) is 11.1. The van der Waals surface area contributed by atoms with Crippen molar-refractivity contribution in [2.45, 2.75) is 68.2 Å². The van der Waals surface area contributed by atoms with Crippen LogP contribution in [0, 0.1) is 0 Å². The molecule has 3 heterocycles. The molecule has 2 saturated heterocycles. The quantitative estimate of drug-likeness (QED) is 0.153. The molecular weight excluding hydrogens is 573 g/mol. The fraction of sp³-hybridized carbons (Fsp3) is 0.560. The molecule has 2 fully saturated rings. The minimum absolute atomic E-state index is 0.00786. The molecule has 0 radical (unpaired) electrons. The molecule has 2 aromatic rings. The number of carboxylic acid groups (broad SMARTS) is 1. The van der Waals surface area contributed by atoms with Crippen molar-refractivity contribution in [3.8, 4) is 0 Å². The minimum Gasteiger partial charge on any atom is -0.475 e. The Labute approximate surface area is 236 Å². The number of hydrogen-bond acceptors (Lipinski definition) is 11.